The van der Waals surface area contributed by atoms with Gasteiger partial charge >= 0.3 is 0 Å². The SMILES string of the molecule is Cc1cc([S+](c2cc(C)c(F)c(C)c2)c2cc(F)c(F)c(F)c2)cc(C)c1F.Cc1cc([S+](c2cc(F)cc(F)c2)c2cc(C)c(F)c(C)c2)cc(C)c1F.Fc1ccc([S+](c2ccc(F)cc2)c2cc(F)c(F)c(F)c2)cc1.Fc1ccc([S+](c2ccc(F)cc2)c2cc(F)cc(F)c2)cc1. The van der Waals surface area contributed by atoms with E-state index in [0.717, 1.165) is 46.2 Å². The summed E-state index contributed by atoms with van der Waals surface area (Å²) in [4.78, 5) is 6.33. The Kier molecular flexibility index (Phi) is 25.1. The van der Waals surface area contributed by atoms with Crippen molar-refractivity contribution in [1.82, 2.24) is 0 Å². The van der Waals surface area contributed by atoms with E-state index in [4.69, 9.17) is 0 Å². The normalized spacial score (nSPS) is 11.2. The first-order valence-corrected chi connectivity index (χ1v) is 35.4. The van der Waals surface area contributed by atoms with Gasteiger partial charge in [-0.2, -0.15) is 0 Å². The zero-order chi connectivity index (χ0) is 74.3. The lowest BCUT2D eigenvalue weighted by Crippen LogP contribution is -2.10. The Morgan fingerprint density at radius 2 is 0.294 bits per heavy atom. The molecule has 0 saturated heterocycles. The third-order valence-corrected chi connectivity index (χ3v) is 23.9. The van der Waals surface area contributed by atoms with Crippen molar-refractivity contribution in [2.75, 3.05) is 0 Å². The average molecular weight is 1490 g/mol. The van der Waals surface area contributed by atoms with Crippen LogP contribution in [0.15, 0.2) is 265 Å². The van der Waals surface area contributed by atoms with Crippen molar-refractivity contribution in [3.05, 3.63) is 355 Å². The van der Waals surface area contributed by atoms with Crippen LogP contribution in [0.2, 0.25) is 0 Å². The smallest absolute Gasteiger partial charge is 0.194 e. The molecule has 0 fully saturated rings. The molecule has 0 N–H and O–H groups in total. The Labute approximate surface area is 588 Å². The van der Waals surface area contributed by atoms with Gasteiger partial charge < -0.3 is 0 Å². The zero-order valence-corrected chi connectivity index (χ0v) is 58.3. The van der Waals surface area contributed by atoms with Crippen LogP contribution in [-0.2, 0) is 43.6 Å². The van der Waals surface area contributed by atoms with Gasteiger partial charge in [-0.05, 0) is 245 Å². The van der Waals surface area contributed by atoms with Crippen molar-refractivity contribution >= 4 is 43.6 Å². The lowest BCUT2D eigenvalue weighted by atomic mass is 10.1. The molecule has 12 rings (SSSR count). The monoisotopic (exact) mass is 1490 g/mol. The molecule has 0 nitrogen and oxygen atoms in total. The van der Waals surface area contributed by atoms with Gasteiger partial charge in [-0.3, -0.25) is 0 Å². The summed E-state index contributed by atoms with van der Waals surface area (Å²) in [5.74, 6) is -14.2. The van der Waals surface area contributed by atoms with Gasteiger partial charge in [0, 0.05) is 60.7 Å². The lowest BCUT2D eigenvalue weighted by molar-refractivity contribution is 0.443. The number of hydrogen-bond acceptors (Lipinski definition) is 0. The first-order valence-electron chi connectivity index (χ1n) is 30.5. The molecule has 102 heavy (non-hydrogen) atoms. The third-order valence-electron chi connectivity index (χ3n) is 15.3. The van der Waals surface area contributed by atoms with Crippen molar-refractivity contribution in [3.8, 4) is 0 Å². The highest BCUT2D eigenvalue weighted by atomic mass is 32.2. The molecule has 0 bridgehead atoms. The fraction of sp³-hybridized carbons (Fsp3) is 0.100. The Bertz CT molecular complexity index is 4570. The topological polar surface area (TPSA) is 0 Å². The van der Waals surface area contributed by atoms with Crippen LogP contribution in [0.1, 0.15) is 44.5 Å². The predicted octanol–water partition coefficient (Wildman–Crippen LogP) is 24.1. The molecular formula is C80H58F18S4+4. The largest absolute Gasteiger partial charge is 0.207 e. The van der Waals surface area contributed by atoms with Gasteiger partial charge in [-0.25, -0.2) is 79.0 Å². The van der Waals surface area contributed by atoms with Crippen molar-refractivity contribution in [3.63, 3.8) is 0 Å². The summed E-state index contributed by atoms with van der Waals surface area (Å²) in [6, 6.07) is 45.5. The molecule has 0 saturated carbocycles. The number of hydrogen-bond donors (Lipinski definition) is 0. The van der Waals surface area contributed by atoms with E-state index in [1.165, 1.54) is 97.1 Å². The van der Waals surface area contributed by atoms with Crippen LogP contribution in [0, 0.1) is 160 Å². The maximum absolute atomic E-state index is 14.1. The van der Waals surface area contributed by atoms with Gasteiger partial charge in [0.15, 0.2) is 93.6 Å². The van der Waals surface area contributed by atoms with Gasteiger partial charge in [0.05, 0.1) is 43.6 Å². The molecule has 0 aliphatic rings. The molecule has 0 aliphatic heterocycles. The van der Waals surface area contributed by atoms with Crippen LogP contribution < -0.4 is 0 Å². The Hall–Kier alpha value is -9.22. The molecule has 0 unspecified atom stereocenters. The van der Waals surface area contributed by atoms with Gasteiger partial charge in [0.25, 0.3) is 0 Å². The third kappa shape index (κ3) is 18.5. The first-order chi connectivity index (χ1) is 48.2. The van der Waals surface area contributed by atoms with E-state index in [2.05, 4.69) is 0 Å². The molecule has 0 atom stereocenters. The highest BCUT2D eigenvalue weighted by Crippen LogP contribution is 2.40. The van der Waals surface area contributed by atoms with E-state index in [9.17, 15) is 79.0 Å². The van der Waals surface area contributed by atoms with Crippen molar-refractivity contribution in [1.29, 1.82) is 0 Å². The Morgan fingerprint density at radius 3 is 0.471 bits per heavy atom. The number of benzene rings is 12. The van der Waals surface area contributed by atoms with Gasteiger partial charge in [0.1, 0.15) is 69.8 Å². The summed E-state index contributed by atoms with van der Waals surface area (Å²) < 4.78 is 246. The Balaban J connectivity index is 0.000000159. The van der Waals surface area contributed by atoms with E-state index in [0.29, 0.717) is 83.7 Å². The molecule has 0 radical (unpaired) electrons. The molecule has 0 aliphatic carbocycles. The second kappa shape index (κ2) is 33.3. The van der Waals surface area contributed by atoms with Crippen LogP contribution in [-0.4, -0.2) is 0 Å². The minimum absolute atomic E-state index is 0.171. The van der Waals surface area contributed by atoms with Crippen LogP contribution >= 0.6 is 0 Å². The molecular weight excluding hydrogens is 1430 g/mol. The van der Waals surface area contributed by atoms with Crippen LogP contribution in [0.3, 0.4) is 0 Å². The van der Waals surface area contributed by atoms with E-state index >= 15 is 0 Å². The highest BCUT2D eigenvalue weighted by molar-refractivity contribution is 7.98. The summed E-state index contributed by atoms with van der Waals surface area (Å²) in [6.07, 6.45) is 0. The molecule has 0 heterocycles. The number of halogens is 18. The number of aryl methyl sites for hydroxylation is 8. The zero-order valence-electron chi connectivity index (χ0n) is 55.1. The van der Waals surface area contributed by atoms with E-state index < -0.39 is 125 Å². The fourth-order valence-electron chi connectivity index (χ4n) is 10.6. The Morgan fingerprint density at radius 1 is 0.147 bits per heavy atom. The summed E-state index contributed by atoms with van der Waals surface area (Å²) in [7, 11) is -3.89. The molecule has 524 valence electrons. The van der Waals surface area contributed by atoms with E-state index in [1.807, 2.05) is 0 Å². The first kappa shape index (κ1) is 76.9. The van der Waals surface area contributed by atoms with Gasteiger partial charge in [-0.1, -0.05) is 0 Å². The predicted molar refractivity (Wildman–Crippen MR) is 363 cm³/mol. The van der Waals surface area contributed by atoms with Crippen molar-refractivity contribution in [2.45, 2.75) is 114 Å². The van der Waals surface area contributed by atoms with Crippen molar-refractivity contribution in [2.24, 2.45) is 0 Å². The van der Waals surface area contributed by atoms with E-state index in [-0.39, 0.29) is 33.1 Å². The van der Waals surface area contributed by atoms with Crippen molar-refractivity contribution < 1.29 is 79.0 Å². The van der Waals surface area contributed by atoms with Gasteiger partial charge in [0.2, 0.25) is 0 Å². The molecule has 12 aromatic carbocycles. The maximum atomic E-state index is 14.1. The van der Waals surface area contributed by atoms with Crippen LogP contribution in [0.25, 0.3) is 0 Å². The molecule has 22 heteroatoms. The highest BCUT2D eigenvalue weighted by Gasteiger charge is 2.37. The fourth-order valence-corrected chi connectivity index (χ4v) is 19.7. The van der Waals surface area contributed by atoms with Gasteiger partial charge in [-0.15, -0.1) is 0 Å². The summed E-state index contributed by atoms with van der Waals surface area (Å²) in [5.41, 5.74) is 3.34. The summed E-state index contributed by atoms with van der Waals surface area (Å²) >= 11 is 0. The summed E-state index contributed by atoms with van der Waals surface area (Å²) in [5, 5.41) is 0. The molecule has 0 amide bonds. The maximum Gasteiger partial charge on any atom is 0.194 e. The average Bonchev–Trinajstić information content (AvgIpc) is 0.796. The van der Waals surface area contributed by atoms with Crippen LogP contribution in [0.5, 0.6) is 0 Å². The molecule has 0 aromatic heterocycles. The lowest BCUT2D eigenvalue weighted by Gasteiger charge is -2.13. The van der Waals surface area contributed by atoms with Crippen LogP contribution in [0.4, 0.5) is 79.0 Å². The molecule has 0 spiro atoms. The quantitative estimate of drug-likeness (QED) is 0.0650. The standard InChI is InChI=1S/C22H18F5S.C22H19F4S.C18H10F5S.C18H11F4S/c1-11-5-15(6-12(2)20(11)25)28(16-7-13(3)21(26)14(4)8-16)17-9-18(23)22(27)19(24)10-17;1-12-5-18(6-13(2)21(12)25)27(20-10-16(23)9-17(24)11-20)19-7-14(3)22(26)15(4)8-19;19-11-1-5-13(6-2-11)24(14-7-3-12(20)4-8-14)15-9-16(21)18(23)17(22)10-15;19-12-1-5-16(6-2-12)23(17-7-3-13(20)4-8-17)18-10-14(21)9-15(22)11-18/h5-10H,1-4H3;5-11H,1-4H3;1-10H;1-11H/q4*+1. The molecule has 12 aromatic rings. The van der Waals surface area contributed by atoms with E-state index in [1.54, 1.807) is 128 Å². The second-order valence-electron chi connectivity index (χ2n) is 23.1. The minimum Gasteiger partial charge on any atom is -0.207 e. The minimum atomic E-state index is -1.56. The number of rotatable bonds is 12. The summed E-state index contributed by atoms with van der Waals surface area (Å²) in [6.45, 7) is 13.0. The second-order valence-corrected chi connectivity index (χ2v) is 31.2.